The Labute approximate surface area is 172 Å². The third-order valence-electron chi connectivity index (χ3n) is 6.59. The van der Waals surface area contributed by atoms with Crippen LogP contribution in [0.1, 0.15) is 40.0 Å². The van der Waals surface area contributed by atoms with Crippen LogP contribution in [0.15, 0.2) is 11.1 Å². The van der Waals surface area contributed by atoms with Gasteiger partial charge in [0.2, 0.25) is 0 Å². The third kappa shape index (κ3) is 3.58. The fourth-order valence-electron chi connectivity index (χ4n) is 5.60. The van der Waals surface area contributed by atoms with Crippen molar-refractivity contribution in [3.8, 4) is 0 Å². The molecule has 1 heterocycles. The minimum atomic E-state index is -2.01. The molecule has 0 aromatic heterocycles. The summed E-state index contributed by atoms with van der Waals surface area (Å²) in [7, 11) is -3.92. The van der Waals surface area contributed by atoms with Crippen molar-refractivity contribution in [1.82, 2.24) is 0 Å². The summed E-state index contributed by atoms with van der Waals surface area (Å²) >= 11 is 0. The highest BCUT2D eigenvalue weighted by atomic mass is 28.4. The van der Waals surface area contributed by atoms with Gasteiger partial charge in [-0.15, -0.1) is 0 Å². The van der Waals surface area contributed by atoms with E-state index in [1.165, 1.54) is 0 Å². The number of hydrogen-bond acceptors (Lipinski definition) is 5. The SMILES string of the molecule is CC1=C2[C@H]3OC(=O)[C@@H](C)[C@@H]3CC[C@@](C)(O[Si](C)(C)C)[C@]2(O[Si](C)(C)C)C[C@H]1O. The van der Waals surface area contributed by atoms with Gasteiger partial charge in [-0.2, -0.15) is 0 Å². The lowest BCUT2D eigenvalue weighted by atomic mass is 9.77. The molecule has 5 nitrogen and oxygen atoms in total. The lowest BCUT2D eigenvalue weighted by molar-refractivity contribution is -0.145. The average molecular weight is 427 g/mol. The van der Waals surface area contributed by atoms with Gasteiger partial charge in [-0.05, 0) is 71.5 Å². The topological polar surface area (TPSA) is 65.0 Å². The van der Waals surface area contributed by atoms with E-state index in [2.05, 4.69) is 46.2 Å². The standard InChI is InChI=1S/C21H38O5Si2/c1-13-15-10-11-20(3,25-27(4,5)6)21(26-28(7,8)9)12-16(22)14(2)17(21)18(15)24-19(13)23/h13,15-16,18,22H,10-12H2,1-9H3/t13-,15-,16+,18-,20+,21-/m0/s1. The summed E-state index contributed by atoms with van der Waals surface area (Å²) in [6, 6.07) is 0. The number of fused-ring (bicyclic) bond motifs is 3. The molecule has 1 N–H and O–H groups in total. The van der Waals surface area contributed by atoms with Gasteiger partial charge in [-0.1, -0.05) is 6.92 Å². The zero-order valence-electron chi connectivity index (χ0n) is 19.0. The number of rotatable bonds is 4. The van der Waals surface area contributed by atoms with Crippen LogP contribution in [0.4, 0.5) is 0 Å². The van der Waals surface area contributed by atoms with E-state index in [-0.39, 0.29) is 23.9 Å². The molecule has 0 aromatic rings. The molecule has 2 fully saturated rings. The third-order valence-corrected chi connectivity index (χ3v) is 8.62. The maximum atomic E-state index is 12.4. The fourth-order valence-corrected chi connectivity index (χ4v) is 8.67. The van der Waals surface area contributed by atoms with Crippen LogP contribution in [0, 0.1) is 11.8 Å². The van der Waals surface area contributed by atoms with E-state index in [0.717, 1.165) is 24.0 Å². The molecule has 0 bridgehead atoms. The minimum absolute atomic E-state index is 0.111. The fraction of sp³-hybridized carbons (Fsp3) is 0.857. The first-order chi connectivity index (χ1) is 12.6. The van der Waals surface area contributed by atoms with Gasteiger partial charge in [-0.25, -0.2) is 0 Å². The Morgan fingerprint density at radius 1 is 1.11 bits per heavy atom. The van der Waals surface area contributed by atoms with E-state index in [0.29, 0.717) is 6.42 Å². The Balaban J connectivity index is 2.23. The number of carbonyl (C=O) groups is 1. The smallest absolute Gasteiger partial charge is 0.309 e. The molecule has 0 amide bonds. The zero-order chi connectivity index (χ0) is 21.3. The van der Waals surface area contributed by atoms with Crippen molar-refractivity contribution in [3.05, 3.63) is 11.1 Å². The van der Waals surface area contributed by atoms with E-state index < -0.39 is 33.9 Å². The van der Waals surface area contributed by atoms with Gasteiger partial charge in [0.1, 0.15) is 11.7 Å². The Kier molecular flexibility index (Phi) is 5.37. The van der Waals surface area contributed by atoms with Crippen molar-refractivity contribution in [1.29, 1.82) is 0 Å². The van der Waals surface area contributed by atoms with Crippen LogP contribution in [0.25, 0.3) is 0 Å². The number of ether oxygens (including phenoxy) is 1. The molecular weight excluding hydrogens is 388 g/mol. The first kappa shape index (κ1) is 22.2. The molecular formula is C21H38O5Si2. The van der Waals surface area contributed by atoms with Gasteiger partial charge < -0.3 is 18.7 Å². The predicted octanol–water partition coefficient (Wildman–Crippen LogP) is 4.24. The molecule has 28 heavy (non-hydrogen) atoms. The number of esters is 1. The van der Waals surface area contributed by atoms with Crippen molar-refractivity contribution >= 4 is 22.6 Å². The quantitative estimate of drug-likeness (QED) is 0.414. The summed E-state index contributed by atoms with van der Waals surface area (Å²) in [5.74, 6) is -0.158. The predicted molar refractivity (Wildman–Crippen MR) is 115 cm³/mol. The molecule has 1 aliphatic heterocycles. The lowest BCUT2D eigenvalue weighted by Gasteiger charge is -2.52. The zero-order valence-corrected chi connectivity index (χ0v) is 21.0. The molecule has 3 aliphatic rings. The van der Waals surface area contributed by atoms with Crippen molar-refractivity contribution in [2.75, 3.05) is 0 Å². The maximum Gasteiger partial charge on any atom is 0.309 e. The second kappa shape index (κ2) is 6.77. The second-order valence-electron chi connectivity index (χ2n) is 11.2. The number of aliphatic hydroxyl groups is 1. The van der Waals surface area contributed by atoms with Gasteiger partial charge in [-0.3, -0.25) is 4.79 Å². The molecule has 0 radical (unpaired) electrons. The Morgan fingerprint density at radius 3 is 2.21 bits per heavy atom. The van der Waals surface area contributed by atoms with Gasteiger partial charge in [0.25, 0.3) is 0 Å². The summed E-state index contributed by atoms with van der Waals surface area (Å²) in [5, 5.41) is 11.0. The van der Waals surface area contributed by atoms with Crippen LogP contribution < -0.4 is 0 Å². The van der Waals surface area contributed by atoms with Crippen LogP contribution in [-0.4, -0.2) is 51.1 Å². The van der Waals surface area contributed by atoms with E-state index in [1.54, 1.807) is 0 Å². The lowest BCUT2D eigenvalue weighted by Crippen LogP contribution is -2.62. The average Bonchev–Trinajstić information content (AvgIpc) is 2.86. The normalized spacial score (nSPS) is 41.6. The summed E-state index contributed by atoms with van der Waals surface area (Å²) < 4.78 is 19.8. The molecule has 0 aromatic carbocycles. The monoisotopic (exact) mass is 426 g/mol. The Hall–Kier alpha value is -0.476. The highest BCUT2D eigenvalue weighted by molar-refractivity contribution is 6.70. The number of hydrogen-bond donors (Lipinski definition) is 1. The first-order valence-electron chi connectivity index (χ1n) is 10.6. The van der Waals surface area contributed by atoms with Crippen LogP contribution in [-0.2, 0) is 18.4 Å². The van der Waals surface area contributed by atoms with Gasteiger partial charge >= 0.3 is 5.97 Å². The van der Waals surface area contributed by atoms with E-state index in [1.807, 2.05) is 13.8 Å². The molecule has 0 unspecified atom stereocenters. The highest BCUT2D eigenvalue weighted by Crippen LogP contribution is 2.58. The molecule has 3 rings (SSSR count). The molecule has 0 spiro atoms. The van der Waals surface area contributed by atoms with Crippen molar-refractivity contribution < 1.29 is 23.5 Å². The molecule has 160 valence electrons. The summed E-state index contributed by atoms with van der Waals surface area (Å²) in [6.07, 6.45) is 1.23. The first-order valence-corrected chi connectivity index (χ1v) is 17.4. The van der Waals surface area contributed by atoms with Gasteiger partial charge in [0.15, 0.2) is 16.6 Å². The molecule has 1 saturated heterocycles. The van der Waals surface area contributed by atoms with Gasteiger partial charge in [0, 0.05) is 17.9 Å². The van der Waals surface area contributed by atoms with Crippen molar-refractivity contribution in [2.24, 2.45) is 11.8 Å². The molecule has 7 heteroatoms. The van der Waals surface area contributed by atoms with Crippen molar-refractivity contribution in [3.63, 3.8) is 0 Å². The highest BCUT2D eigenvalue weighted by Gasteiger charge is 2.65. The van der Waals surface area contributed by atoms with Crippen molar-refractivity contribution in [2.45, 2.75) is 103 Å². The van der Waals surface area contributed by atoms with Crippen LogP contribution in [0.3, 0.4) is 0 Å². The second-order valence-corrected chi connectivity index (χ2v) is 20.0. The van der Waals surface area contributed by atoms with Crippen LogP contribution in [0.2, 0.25) is 39.3 Å². The van der Waals surface area contributed by atoms with E-state index in [4.69, 9.17) is 13.6 Å². The Bertz CT molecular complexity index is 692. The van der Waals surface area contributed by atoms with E-state index in [9.17, 15) is 9.90 Å². The van der Waals surface area contributed by atoms with Gasteiger partial charge in [0.05, 0.1) is 17.6 Å². The molecule has 1 saturated carbocycles. The summed E-state index contributed by atoms with van der Waals surface area (Å²) in [4.78, 5) is 12.4. The largest absolute Gasteiger partial charge is 0.457 e. The maximum absolute atomic E-state index is 12.4. The van der Waals surface area contributed by atoms with Crippen LogP contribution in [0.5, 0.6) is 0 Å². The minimum Gasteiger partial charge on any atom is -0.457 e. The van der Waals surface area contributed by atoms with E-state index >= 15 is 0 Å². The number of aliphatic hydroxyl groups excluding tert-OH is 1. The molecule has 2 aliphatic carbocycles. The number of carbonyl (C=O) groups excluding carboxylic acids is 1. The Morgan fingerprint density at radius 2 is 1.68 bits per heavy atom. The summed E-state index contributed by atoms with van der Waals surface area (Å²) in [5.41, 5.74) is 0.596. The van der Waals surface area contributed by atoms with Crippen LogP contribution >= 0.6 is 0 Å². The summed E-state index contributed by atoms with van der Waals surface area (Å²) in [6.45, 7) is 19.3. The molecule has 6 atom stereocenters.